The highest BCUT2D eigenvalue weighted by Crippen LogP contribution is 2.28. The van der Waals surface area contributed by atoms with Gasteiger partial charge in [0.2, 0.25) is 0 Å². The molecular weight excluding hydrogens is 416 g/mol. The maximum absolute atomic E-state index is 12.4. The van der Waals surface area contributed by atoms with Crippen LogP contribution >= 0.6 is 0 Å². The van der Waals surface area contributed by atoms with Crippen LogP contribution in [-0.4, -0.2) is 67.3 Å². The summed E-state index contributed by atoms with van der Waals surface area (Å²) in [7, 11) is 1.37. The Kier molecular flexibility index (Phi) is 7.42. The standard InChI is InChI=1S/C26H30N4O3/c1-33-26(32)24-11-10-23(31)19-25(24)30(20-21-7-5-6-12-27-21)18-15-28-13-16-29(17-14-28)22-8-3-2-4-9-22/h2-12,19,31H,13-18,20H2,1H3. The lowest BCUT2D eigenvalue weighted by molar-refractivity contribution is 0.0601. The van der Waals surface area contributed by atoms with Gasteiger partial charge in [0.25, 0.3) is 0 Å². The van der Waals surface area contributed by atoms with Gasteiger partial charge in [-0.3, -0.25) is 9.88 Å². The lowest BCUT2D eigenvalue weighted by Crippen LogP contribution is -2.48. The van der Waals surface area contributed by atoms with Gasteiger partial charge in [-0.05, 0) is 36.4 Å². The minimum atomic E-state index is -0.424. The molecule has 1 aliphatic heterocycles. The molecule has 4 rings (SSSR count). The zero-order valence-corrected chi connectivity index (χ0v) is 18.9. The van der Waals surface area contributed by atoms with Crippen molar-refractivity contribution in [3.05, 3.63) is 84.2 Å². The van der Waals surface area contributed by atoms with Crippen molar-refractivity contribution in [2.24, 2.45) is 0 Å². The molecule has 172 valence electrons. The number of piperazine rings is 1. The van der Waals surface area contributed by atoms with E-state index in [1.807, 2.05) is 24.3 Å². The smallest absolute Gasteiger partial charge is 0.339 e. The highest BCUT2D eigenvalue weighted by Gasteiger charge is 2.21. The van der Waals surface area contributed by atoms with Crippen LogP contribution in [0.1, 0.15) is 16.1 Å². The molecule has 3 aromatic rings. The highest BCUT2D eigenvalue weighted by atomic mass is 16.5. The Balaban J connectivity index is 1.47. The van der Waals surface area contributed by atoms with Crippen LogP contribution in [0.25, 0.3) is 0 Å². The van der Waals surface area contributed by atoms with E-state index in [1.54, 1.807) is 18.3 Å². The summed E-state index contributed by atoms with van der Waals surface area (Å²) in [6, 6.07) is 21.0. The van der Waals surface area contributed by atoms with E-state index in [1.165, 1.54) is 18.9 Å². The zero-order chi connectivity index (χ0) is 23.0. The molecule has 7 nitrogen and oxygen atoms in total. The number of ether oxygens (including phenoxy) is 1. The molecule has 2 aromatic carbocycles. The highest BCUT2D eigenvalue weighted by molar-refractivity contribution is 5.96. The third kappa shape index (κ3) is 5.81. The number of pyridine rings is 1. The molecule has 33 heavy (non-hydrogen) atoms. The van der Waals surface area contributed by atoms with E-state index in [-0.39, 0.29) is 5.75 Å². The molecule has 0 aliphatic carbocycles. The van der Waals surface area contributed by atoms with Crippen molar-refractivity contribution in [3.8, 4) is 5.75 Å². The molecule has 0 amide bonds. The average molecular weight is 447 g/mol. The average Bonchev–Trinajstić information content (AvgIpc) is 2.87. The van der Waals surface area contributed by atoms with Gasteiger partial charge < -0.3 is 19.6 Å². The van der Waals surface area contributed by atoms with Crippen LogP contribution in [0.2, 0.25) is 0 Å². The molecule has 0 bridgehead atoms. The van der Waals surface area contributed by atoms with Crippen molar-refractivity contribution >= 4 is 17.3 Å². The van der Waals surface area contributed by atoms with Crippen LogP contribution in [0.3, 0.4) is 0 Å². The molecule has 1 aromatic heterocycles. The number of rotatable bonds is 8. The van der Waals surface area contributed by atoms with Crippen LogP contribution in [0, 0.1) is 0 Å². The summed E-state index contributed by atoms with van der Waals surface area (Å²) >= 11 is 0. The Bertz CT molecular complexity index is 1040. The summed E-state index contributed by atoms with van der Waals surface area (Å²) in [6.45, 7) is 5.94. The lowest BCUT2D eigenvalue weighted by atomic mass is 10.1. The maximum Gasteiger partial charge on any atom is 0.339 e. The van der Waals surface area contributed by atoms with Crippen LogP contribution < -0.4 is 9.80 Å². The number of para-hydroxylation sites is 1. The number of nitrogens with zero attached hydrogens (tertiary/aromatic N) is 4. The first-order chi connectivity index (χ1) is 16.1. The Labute approximate surface area is 194 Å². The number of anilines is 2. The van der Waals surface area contributed by atoms with Crippen molar-refractivity contribution in [2.45, 2.75) is 6.54 Å². The van der Waals surface area contributed by atoms with Crippen LogP contribution in [0.15, 0.2) is 72.9 Å². The number of carbonyl (C=O) groups excluding carboxylic acids is 1. The predicted molar refractivity (Wildman–Crippen MR) is 130 cm³/mol. The topological polar surface area (TPSA) is 69.1 Å². The van der Waals surface area contributed by atoms with E-state index in [0.717, 1.165) is 38.4 Å². The van der Waals surface area contributed by atoms with Crippen molar-refractivity contribution in [1.29, 1.82) is 0 Å². The maximum atomic E-state index is 12.4. The molecule has 7 heteroatoms. The molecule has 1 fully saturated rings. The van der Waals surface area contributed by atoms with E-state index >= 15 is 0 Å². The quantitative estimate of drug-likeness (QED) is 0.532. The summed E-state index contributed by atoms with van der Waals surface area (Å²) in [5.41, 5.74) is 3.23. The molecule has 0 spiro atoms. The number of aromatic hydroxyl groups is 1. The van der Waals surface area contributed by atoms with Gasteiger partial charge >= 0.3 is 5.97 Å². The monoisotopic (exact) mass is 446 g/mol. The van der Waals surface area contributed by atoms with Crippen LogP contribution in [-0.2, 0) is 11.3 Å². The Morgan fingerprint density at radius 1 is 1.03 bits per heavy atom. The third-order valence-electron chi connectivity index (χ3n) is 5.99. The molecule has 1 saturated heterocycles. The second kappa shape index (κ2) is 10.8. The Morgan fingerprint density at radius 2 is 1.79 bits per heavy atom. The van der Waals surface area contributed by atoms with E-state index < -0.39 is 5.97 Å². The van der Waals surface area contributed by atoms with E-state index in [4.69, 9.17) is 4.74 Å². The Morgan fingerprint density at radius 3 is 2.48 bits per heavy atom. The summed E-state index contributed by atoms with van der Waals surface area (Å²) in [5.74, 6) is -0.312. The number of methoxy groups -OCH3 is 1. The first kappa shape index (κ1) is 22.6. The molecule has 0 saturated carbocycles. The molecule has 0 unspecified atom stereocenters. The third-order valence-corrected chi connectivity index (χ3v) is 5.99. The number of phenols is 1. The summed E-state index contributed by atoms with van der Waals surface area (Å²) in [6.07, 6.45) is 1.76. The van der Waals surface area contributed by atoms with E-state index in [9.17, 15) is 9.90 Å². The number of phenolic OH excluding ortho intramolecular Hbond substituents is 1. The van der Waals surface area contributed by atoms with Gasteiger partial charge in [-0.25, -0.2) is 4.79 Å². The van der Waals surface area contributed by atoms with Crippen LogP contribution in [0.4, 0.5) is 11.4 Å². The lowest BCUT2D eigenvalue weighted by Gasteiger charge is -2.37. The van der Waals surface area contributed by atoms with Crippen molar-refractivity contribution in [2.75, 3.05) is 56.2 Å². The molecular formula is C26H30N4O3. The van der Waals surface area contributed by atoms with Gasteiger partial charge in [-0.2, -0.15) is 0 Å². The number of esters is 1. The molecule has 2 heterocycles. The molecule has 0 atom stereocenters. The van der Waals surface area contributed by atoms with Gasteiger partial charge in [0, 0.05) is 57.2 Å². The fourth-order valence-corrected chi connectivity index (χ4v) is 4.17. The molecule has 1 N–H and O–H groups in total. The van der Waals surface area contributed by atoms with Crippen LogP contribution in [0.5, 0.6) is 5.75 Å². The number of aromatic nitrogens is 1. The number of hydrogen-bond acceptors (Lipinski definition) is 7. The first-order valence-electron chi connectivity index (χ1n) is 11.2. The van der Waals surface area contributed by atoms with Crippen molar-refractivity contribution in [3.63, 3.8) is 0 Å². The van der Waals surface area contributed by atoms with Crippen molar-refractivity contribution < 1.29 is 14.6 Å². The number of carbonyl (C=O) groups is 1. The first-order valence-corrected chi connectivity index (χ1v) is 11.2. The van der Waals surface area contributed by atoms with Gasteiger partial charge in [-0.1, -0.05) is 24.3 Å². The summed E-state index contributed by atoms with van der Waals surface area (Å²) in [4.78, 5) is 23.8. The second-order valence-electron chi connectivity index (χ2n) is 8.10. The Hall–Kier alpha value is -3.58. The van der Waals surface area contributed by atoms with Gasteiger partial charge in [0.05, 0.1) is 30.6 Å². The van der Waals surface area contributed by atoms with Crippen molar-refractivity contribution in [1.82, 2.24) is 9.88 Å². The largest absolute Gasteiger partial charge is 0.508 e. The molecule has 1 aliphatic rings. The fourth-order valence-electron chi connectivity index (χ4n) is 4.17. The second-order valence-corrected chi connectivity index (χ2v) is 8.10. The summed E-state index contributed by atoms with van der Waals surface area (Å²) < 4.78 is 4.99. The SMILES string of the molecule is COC(=O)c1ccc(O)cc1N(CCN1CCN(c2ccccc2)CC1)Cc1ccccn1. The van der Waals surface area contributed by atoms with Gasteiger partial charge in [0.15, 0.2) is 0 Å². The van der Waals surface area contributed by atoms with Gasteiger partial charge in [0.1, 0.15) is 5.75 Å². The van der Waals surface area contributed by atoms with E-state index in [2.05, 4.69) is 43.9 Å². The molecule has 0 radical (unpaired) electrons. The van der Waals surface area contributed by atoms with Gasteiger partial charge in [-0.15, -0.1) is 0 Å². The number of benzene rings is 2. The normalized spacial score (nSPS) is 14.2. The van der Waals surface area contributed by atoms with E-state index in [0.29, 0.717) is 24.3 Å². The predicted octanol–water partition coefficient (Wildman–Crippen LogP) is 3.40. The minimum Gasteiger partial charge on any atom is -0.508 e. The minimum absolute atomic E-state index is 0.111. The zero-order valence-electron chi connectivity index (χ0n) is 18.9. The number of hydrogen-bond donors (Lipinski definition) is 1. The summed E-state index contributed by atoms with van der Waals surface area (Å²) in [5, 5.41) is 10.2. The fraction of sp³-hybridized carbons (Fsp3) is 0.308.